The number of aromatic nitrogens is 1. The molecule has 0 unspecified atom stereocenters. The highest BCUT2D eigenvalue weighted by atomic mass is 16.4. The van der Waals surface area contributed by atoms with E-state index in [0.29, 0.717) is 16.9 Å². The minimum atomic E-state index is -0.927. The van der Waals surface area contributed by atoms with Crippen molar-refractivity contribution >= 4 is 16.9 Å². The number of aromatic carboxylic acids is 1. The number of hydrogen-bond donors (Lipinski definition) is 3. The molecule has 0 bridgehead atoms. The van der Waals surface area contributed by atoms with Gasteiger partial charge in [-0.3, -0.25) is 0 Å². The van der Waals surface area contributed by atoms with Gasteiger partial charge in [-0.1, -0.05) is 6.42 Å². The number of aromatic amines is 1. The molecule has 0 spiro atoms. The van der Waals surface area contributed by atoms with Crippen LogP contribution in [0.5, 0.6) is 5.75 Å². The molecule has 0 saturated heterocycles. The second-order valence-electron chi connectivity index (χ2n) is 4.58. The largest absolute Gasteiger partial charge is 0.508 e. The Morgan fingerprint density at radius 1 is 1.35 bits per heavy atom. The maximum absolute atomic E-state index is 11.4. The summed E-state index contributed by atoms with van der Waals surface area (Å²) in [5, 5.41) is 19.4. The molecule has 3 rings (SSSR count). The predicted octanol–water partition coefficient (Wildman–Crippen LogP) is 2.84. The first kappa shape index (κ1) is 10.2. The Hall–Kier alpha value is -1.97. The number of phenolic OH excluding ortho intramolecular Hbond substituents is 1. The van der Waals surface area contributed by atoms with Gasteiger partial charge < -0.3 is 15.2 Å². The molecule has 0 aliphatic heterocycles. The SMILES string of the molecule is O=C(O)c1c(C2CCC2)[nH]c2ccc(O)cc12. The number of rotatable bonds is 2. The van der Waals surface area contributed by atoms with Gasteiger partial charge in [0.05, 0.1) is 5.56 Å². The Balaban J connectivity index is 2.26. The van der Waals surface area contributed by atoms with Crippen molar-refractivity contribution in [3.63, 3.8) is 0 Å². The lowest BCUT2D eigenvalue weighted by Crippen LogP contribution is -2.13. The molecule has 1 aromatic heterocycles. The molecule has 1 aromatic carbocycles. The van der Waals surface area contributed by atoms with E-state index < -0.39 is 5.97 Å². The number of hydrogen-bond acceptors (Lipinski definition) is 2. The summed E-state index contributed by atoms with van der Waals surface area (Å²) in [5.41, 5.74) is 1.91. The van der Waals surface area contributed by atoms with Crippen molar-refractivity contribution < 1.29 is 15.0 Å². The molecule has 1 saturated carbocycles. The quantitative estimate of drug-likeness (QED) is 0.744. The van der Waals surface area contributed by atoms with Crippen LogP contribution in [0.3, 0.4) is 0 Å². The summed E-state index contributed by atoms with van der Waals surface area (Å²) in [6, 6.07) is 4.80. The van der Waals surface area contributed by atoms with Crippen molar-refractivity contribution in [3.05, 3.63) is 29.5 Å². The molecule has 1 aliphatic rings. The third kappa shape index (κ3) is 1.48. The number of benzene rings is 1. The van der Waals surface area contributed by atoms with Gasteiger partial charge in [0.2, 0.25) is 0 Å². The Morgan fingerprint density at radius 3 is 2.71 bits per heavy atom. The lowest BCUT2D eigenvalue weighted by atomic mass is 9.81. The molecule has 0 amide bonds. The zero-order chi connectivity index (χ0) is 12.0. The fourth-order valence-corrected chi connectivity index (χ4v) is 2.43. The molecular weight excluding hydrogens is 218 g/mol. The summed E-state index contributed by atoms with van der Waals surface area (Å²) < 4.78 is 0. The molecule has 4 heteroatoms. The molecule has 0 atom stereocenters. The van der Waals surface area contributed by atoms with Crippen LogP contribution in [-0.2, 0) is 0 Å². The van der Waals surface area contributed by atoms with Crippen LogP contribution in [-0.4, -0.2) is 21.2 Å². The molecule has 2 aromatic rings. The maximum atomic E-state index is 11.4. The topological polar surface area (TPSA) is 73.3 Å². The highest BCUT2D eigenvalue weighted by Crippen LogP contribution is 2.40. The number of carbonyl (C=O) groups is 1. The van der Waals surface area contributed by atoms with Crippen molar-refractivity contribution in [1.29, 1.82) is 0 Å². The van der Waals surface area contributed by atoms with Gasteiger partial charge in [0, 0.05) is 16.6 Å². The second kappa shape index (κ2) is 3.52. The van der Waals surface area contributed by atoms with E-state index in [9.17, 15) is 15.0 Å². The standard InChI is InChI=1S/C13H13NO3/c15-8-4-5-10-9(6-8)11(13(16)17)12(14-10)7-2-1-3-7/h4-7,14-15H,1-3H2,(H,16,17). The lowest BCUT2D eigenvalue weighted by Gasteiger charge is -2.24. The lowest BCUT2D eigenvalue weighted by molar-refractivity contribution is 0.0696. The summed E-state index contributed by atoms with van der Waals surface area (Å²) in [5.74, 6) is -0.501. The van der Waals surface area contributed by atoms with Crippen molar-refractivity contribution in [2.24, 2.45) is 0 Å². The average Bonchev–Trinajstić information content (AvgIpc) is 2.52. The zero-order valence-corrected chi connectivity index (χ0v) is 9.23. The third-order valence-corrected chi connectivity index (χ3v) is 3.54. The Bertz CT molecular complexity index is 596. The third-order valence-electron chi connectivity index (χ3n) is 3.54. The summed E-state index contributed by atoms with van der Waals surface area (Å²) in [6.07, 6.45) is 3.24. The number of carboxylic acids is 1. The van der Waals surface area contributed by atoms with Crippen LogP contribution < -0.4 is 0 Å². The van der Waals surface area contributed by atoms with Gasteiger partial charge >= 0.3 is 5.97 Å². The molecule has 4 nitrogen and oxygen atoms in total. The Labute approximate surface area is 97.9 Å². The minimum absolute atomic E-state index is 0.0964. The number of aromatic hydroxyl groups is 1. The summed E-state index contributed by atoms with van der Waals surface area (Å²) in [6.45, 7) is 0. The molecule has 1 aliphatic carbocycles. The molecule has 88 valence electrons. The van der Waals surface area contributed by atoms with Crippen molar-refractivity contribution in [1.82, 2.24) is 4.98 Å². The second-order valence-corrected chi connectivity index (χ2v) is 4.58. The number of fused-ring (bicyclic) bond motifs is 1. The normalized spacial score (nSPS) is 16.0. The maximum Gasteiger partial charge on any atom is 0.338 e. The van der Waals surface area contributed by atoms with E-state index in [1.807, 2.05) is 0 Å². The smallest absolute Gasteiger partial charge is 0.338 e. The fraction of sp³-hybridized carbons (Fsp3) is 0.308. The van der Waals surface area contributed by atoms with Crippen LogP contribution in [0.4, 0.5) is 0 Å². The highest BCUT2D eigenvalue weighted by Gasteiger charge is 2.28. The minimum Gasteiger partial charge on any atom is -0.508 e. The van der Waals surface area contributed by atoms with Gasteiger partial charge in [0.15, 0.2) is 0 Å². The van der Waals surface area contributed by atoms with Crippen molar-refractivity contribution in [2.45, 2.75) is 25.2 Å². The number of nitrogens with one attached hydrogen (secondary N) is 1. The predicted molar refractivity (Wildman–Crippen MR) is 63.5 cm³/mol. The van der Waals surface area contributed by atoms with E-state index >= 15 is 0 Å². The van der Waals surface area contributed by atoms with Crippen LogP contribution in [0.25, 0.3) is 10.9 Å². The van der Waals surface area contributed by atoms with Crippen LogP contribution >= 0.6 is 0 Å². The molecule has 1 heterocycles. The Morgan fingerprint density at radius 2 is 2.12 bits per heavy atom. The van der Waals surface area contributed by atoms with E-state index in [2.05, 4.69) is 4.98 Å². The molecular formula is C13H13NO3. The van der Waals surface area contributed by atoms with E-state index in [0.717, 1.165) is 30.5 Å². The highest BCUT2D eigenvalue weighted by molar-refractivity contribution is 6.05. The van der Waals surface area contributed by atoms with Gasteiger partial charge in [0.25, 0.3) is 0 Å². The van der Waals surface area contributed by atoms with Crippen LogP contribution in [0.2, 0.25) is 0 Å². The van der Waals surface area contributed by atoms with Crippen molar-refractivity contribution in [2.75, 3.05) is 0 Å². The number of H-pyrrole nitrogens is 1. The first-order chi connectivity index (χ1) is 8.16. The van der Waals surface area contributed by atoms with Gasteiger partial charge in [-0.15, -0.1) is 0 Å². The zero-order valence-electron chi connectivity index (χ0n) is 9.23. The van der Waals surface area contributed by atoms with Gasteiger partial charge in [0.1, 0.15) is 5.75 Å². The average molecular weight is 231 g/mol. The monoisotopic (exact) mass is 231 g/mol. The van der Waals surface area contributed by atoms with E-state index in [1.165, 1.54) is 6.07 Å². The van der Waals surface area contributed by atoms with E-state index in [1.54, 1.807) is 12.1 Å². The molecule has 17 heavy (non-hydrogen) atoms. The summed E-state index contributed by atoms with van der Waals surface area (Å²) in [4.78, 5) is 14.5. The first-order valence-electron chi connectivity index (χ1n) is 5.74. The van der Waals surface area contributed by atoms with Crippen molar-refractivity contribution in [3.8, 4) is 5.75 Å². The van der Waals surface area contributed by atoms with Gasteiger partial charge in [-0.05, 0) is 37.0 Å². The molecule has 3 N–H and O–H groups in total. The van der Waals surface area contributed by atoms with E-state index in [4.69, 9.17) is 0 Å². The molecule has 0 radical (unpaired) electrons. The fourth-order valence-electron chi connectivity index (χ4n) is 2.43. The van der Waals surface area contributed by atoms with Gasteiger partial charge in [-0.2, -0.15) is 0 Å². The summed E-state index contributed by atoms with van der Waals surface area (Å²) in [7, 11) is 0. The first-order valence-corrected chi connectivity index (χ1v) is 5.74. The van der Waals surface area contributed by atoms with Crippen LogP contribution in [0.15, 0.2) is 18.2 Å². The van der Waals surface area contributed by atoms with Crippen LogP contribution in [0.1, 0.15) is 41.2 Å². The van der Waals surface area contributed by atoms with Crippen LogP contribution in [0, 0.1) is 0 Å². The summed E-state index contributed by atoms with van der Waals surface area (Å²) >= 11 is 0. The Kier molecular flexibility index (Phi) is 2.11. The number of carboxylic acid groups (broad SMARTS) is 1. The van der Waals surface area contributed by atoms with Gasteiger partial charge in [-0.25, -0.2) is 4.79 Å². The number of phenols is 1. The molecule has 1 fully saturated rings. The van der Waals surface area contributed by atoms with E-state index in [-0.39, 0.29) is 5.75 Å².